The predicted octanol–water partition coefficient (Wildman–Crippen LogP) is 0.960. The Labute approximate surface area is 116 Å². The summed E-state index contributed by atoms with van der Waals surface area (Å²) in [6, 6.07) is 0.427. The van der Waals surface area contributed by atoms with Crippen molar-refractivity contribution < 1.29 is 4.79 Å². The highest BCUT2D eigenvalue weighted by Gasteiger charge is 2.29. The third-order valence-electron chi connectivity index (χ3n) is 4.18. The molecular formula is C13H26ClN3O. The zero-order valence-corrected chi connectivity index (χ0v) is 12.3. The van der Waals surface area contributed by atoms with Gasteiger partial charge in [0.1, 0.15) is 0 Å². The maximum Gasteiger partial charge on any atom is 0.225 e. The van der Waals surface area contributed by atoms with E-state index >= 15 is 0 Å². The van der Waals surface area contributed by atoms with Crippen molar-refractivity contribution in [2.24, 2.45) is 5.92 Å². The van der Waals surface area contributed by atoms with Crippen molar-refractivity contribution in [3.05, 3.63) is 0 Å². The van der Waals surface area contributed by atoms with Crippen LogP contribution in [0, 0.1) is 5.92 Å². The molecule has 2 saturated heterocycles. The van der Waals surface area contributed by atoms with E-state index in [9.17, 15) is 4.79 Å². The van der Waals surface area contributed by atoms with Crippen LogP contribution in [0.25, 0.3) is 0 Å². The van der Waals surface area contributed by atoms with Gasteiger partial charge in [-0.05, 0) is 52.4 Å². The summed E-state index contributed by atoms with van der Waals surface area (Å²) in [4.78, 5) is 16.7. The lowest BCUT2D eigenvalue weighted by molar-refractivity contribution is -0.138. The van der Waals surface area contributed by atoms with E-state index in [-0.39, 0.29) is 18.3 Å². The topological polar surface area (TPSA) is 35.6 Å². The van der Waals surface area contributed by atoms with Crippen LogP contribution in [0.4, 0.5) is 0 Å². The molecule has 106 valence electrons. The molecule has 1 atom stereocenters. The molecule has 0 bridgehead atoms. The number of likely N-dealkylation sites (tertiary alicyclic amines) is 1. The first-order valence-electron chi connectivity index (χ1n) is 6.84. The summed E-state index contributed by atoms with van der Waals surface area (Å²) in [6.07, 6.45) is 4.39. The molecule has 2 rings (SSSR count). The Morgan fingerprint density at radius 2 is 1.94 bits per heavy atom. The Kier molecular flexibility index (Phi) is 6.39. The van der Waals surface area contributed by atoms with E-state index in [1.54, 1.807) is 0 Å². The Balaban J connectivity index is 0.00000162. The first-order chi connectivity index (χ1) is 8.18. The number of nitrogens with zero attached hydrogens (tertiary/aromatic N) is 2. The van der Waals surface area contributed by atoms with Crippen LogP contribution in [-0.2, 0) is 4.79 Å². The summed E-state index contributed by atoms with van der Waals surface area (Å²) in [7, 11) is 4.14. The second kappa shape index (κ2) is 7.31. The smallest absolute Gasteiger partial charge is 0.225 e. The van der Waals surface area contributed by atoms with Gasteiger partial charge in [0.05, 0.1) is 0 Å². The first-order valence-corrected chi connectivity index (χ1v) is 6.84. The van der Waals surface area contributed by atoms with E-state index < -0.39 is 0 Å². The number of carbonyl (C=O) groups excluding carboxylic acids is 1. The van der Waals surface area contributed by atoms with E-state index in [0.29, 0.717) is 11.9 Å². The predicted molar refractivity (Wildman–Crippen MR) is 76.1 cm³/mol. The molecule has 0 aliphatic carbocycles. The van der Waals surface area contributed by atoms with Crippen molar-refractivity contribution in [3.63, 3.8) is 0 Å². The van der Waals surface area contributed by atoms with Crippen molar-refractivity contribution in [3.8, 4) is 0 Å². The number of halogens is 1. The molecule has 2 fully saturated rings. The standard InChI is InChI=1S/C13H25N3O.ClH/c1-15-9-3-4-12(10-15)16(2)13(17)11-5-7-14-8-6-11;/h11-12,14H,3-10H2,1-2H3;1H. The SMILES string of the molecule is CN1CCCC(N(C)C(=O)C2CCNCC2)C1.Cl. The van der Waals surface area contributed by atoms with Crippen LogP contribution in [0.3, 0.4) is 0 Å². The van der Waals surface area contributed by atoms with E-state index in [4.69, 9.17) is 0 Å². The lowest BCUT2D eigenvalue weighted by atomic mass is 9.95. The van der Waals surface area contributed by atoms with Crippen molar-refractivity contribution in [1.29, 1.82) is 0 Å². The van der Waals surface area contributed by atoms with Crippen LogP contribution in [0.1, 0.15) is 25.7 Å². The van der Waals surface area contributed by atoms with Crippen molar-refractivity contribution >= 4 is 18.3 Å². The Hall–Kier alpha value is -0.320. The van der Waals surface area contributed by atoms with Crippen LogP contribution < -0.4 is 5.32 Å². The maximum atomic E-state index is 12.4. The number of hydrogen-bond acceptors (Lipinski definition) is 3. The van der Waals surface area contributed by atoms with Crippen molar-refractivity contribution in [1.82, 2.24) is 15.1 Å². The minimum Gasteiger partial charge on any atom is -0.341 e. The van der Waals surface area contributed by atoms with Crippen LogP contribution in [0.2, 0.25) is 0 Å². The minimum atomic E-state index is 0. The highest BCUT2D eigenvalue weighted by molar-refractivity contribution is 5.85. The van der Waals surface area contributed by atoms with Gasteiger partial charge in [-0.1, -0.05) is 0 Å². The quantitative estimate of drug-likeness (QED) is 0.816. The zero-order chi connectivity index (χ0) is 12.3. The van der Waals surface area contributed by atoms with Gasteiger partial charge in [-0.3, -0.25) is 4.79 Å². The fraction of sp³-hybridized carbons (Fsp3) is 0.923. The summed E-state index contributed by atoms with van der Waals surface area (Å²) in [6.45, 7) is 4.20. The Bertz CT molecular complexity index is 269. The number of hydrogen-bond donors (Lipinski definition) is 1. The molecule has 1 N–H and O–H groups in total. The van der Waals surface area contributed by atoms with Gasteiger partial charge >= 0.3 is 0 Å². The summed E-state index contributed by atoms with van der Waals surface area (Å²) in [5, 5.41) is 3.32. The van der Waals surface area contributed by atoms with Gasteiger partial charge < -0.3 is 15.1 Å². The molecule has 2 aliphatic rings. The summed E-state index contributed by atoms with van der Waals surface area (Å²) < 4.78 is 0. The van der Waals surface area contributed by atoms with Gasteiger partial charge in [0.25, 0.3) is 0 Å². The molecule has 0 aromatic carbocycles. The maximum absolute atomic E-state index is 12.4. The molecule has 4 nitrogen and oxygen atoms in total. The molecule has 0 saturated carbocycles. The molecule has 0 aromatic rings. The monoisotopic (exact) mass is 275 g/mol. The normalized spacial score (nSPS) is 26.4. The largest absolute Gasteiger partial charge is 0.341 e. The average Bonchev–Trinajstić information content (AvgIpc) is 2.38. The van der Waals surface area contributed by atoms with Crippen LogP contribution in [-0.4, -0.2) is 62.0 Å². The van der Waals surface area contributed by atoms with Gasteiger partial charge in [-0.15, -0.1) is 12.4 Å². The molecule has 18 heavy (non-hydrogen) atoms. The molecular weight excluding hydrogens is 250 g/mol. The van der Waals surface area contributed by atoms with E-state index in [2.05, 4.69) is 17.3 Å². The van der Waals surface area contributed by atoms with Crippen LogP contribution in [0.15, 0.2) is 0 Å². The number of amides is 1. The summed E-state index contributed by atoms with van der Waals surface area (Å²) in [5.41, 5.74) is 0. The molecule has 2 aliphatic heterocycles. The van der Waals surface area contributed by atoms with E-state index in [1.165, 1.54) is 13.0 Å². The number of likely N-dealkylation sites (N-methyl/N-ethyl adjacent to an activating group) is 2. The van der Waals surface area contributed by atoms with Crippen molar-refractivity contribution in [2.75, 3.05) is 40.3 Å². The fourth-order valence-electron chi connectivity index (χ4n) is 2.99. The fourth-order valence-corrected chi connectivity index (χ4v) is 2.99. The highest BCUT2D eigenvalue weighted by Crippen LogP contribution is 2.19. The van der Waals surface area contributed by atoms with Crippen LogP contribution >= 0.6 is 12.4 Å². The Morgan fingerprint density at radius 3 is 2.56 bits per heavy atom. The molecule has 1 unspecified atom stereocenters. The number of rotatable bonds is 2. The third-order valence-corrected chi connectivity index (χ3v) is 4.18. The minimum absolute atomic E-state index is 0. The summed E-state index contributed by atoms with van der Waals surface area (Å²) in [5.74, 6) is 0.625. The second-order valence-electron chi connectivity index (χ2n) is 5.53. The van der Waals surface area contributed by atoms with E-state index in [0.717, 1.165) is 38.9 Å². The van der Waals surface area contributed by atoms with Gasteiger partial charge in [0.2, 0.25) is 5.91 Å². The lowest BCUT2D eigenvalue weighted by Crippen LogP contribution is -2.50. The average molecular weight is 276 g/mol. The zero-order valence-electron chi connectivity index (χ0n) is 11.5. The highest BCUT2D eigenvalue weighted by atomic mass is 35.5. The van der Waals surface area contributed by atoms with Crippen molar-refractivity contribution in [2.45, 2.75) is 31.7 Å². The molecule has 2 heterocycles. The number of piperidine rings is 2. The first kappa shape index (κ1) is 15.7. The molecule has 5 heteroatoms. The Morgan fingerprint density at radius 1 is 1.28 bits per heavy atom. The van der Waals surface area contributed by atoms with Gasteiger partial charge in [-0.2, -0.15) is 0 Å². The number of carbonyl (C=O) groups is 1. The number of nitrogens with one attached hydrogen (secondary N) is 1. The van der Waals surface area contributed by atoms with Gasteiger partial charge in [0.15, 0.2) is 0 Å². The van der Waals surface area contributed by atoms with Gasteiger partial charge in [-0.25, -0.2) is 0 Å². The lowest BCUT2D eigenvalue weighted by Gasteiger charge is -2.38. The molecule has 1 amide bonds. The second-order valence-corrected chi connectivity index (χ2v) is 5.53. The van der Waals surface area contributed by atoms with Gasteiger partial charge in [0, 0.05) is 25.6 Å². The molecule has 0 radical (unpaired) electrons. The molecule has 0 aromatic heterocycles. The third kappa shape index (κ3) is 3.84. The summed E-state index contributed by atoms with van der Waals surface area (Å²) >= 11 is 0. The van der Waals surface area contributed by atoms with Crippen LogP contribution in [0.5, 0.6) is 0 Å². The van der Waals surface area contributed by atoms with E-state index in [1.807, 2.05) is 11.9 Å². The molecule has 0 spiro atoms.